The summed E-state index contributed by atoms with van der Waals surface area (Å²) in [5.41, 5.74) is 0. The van der Waals surface area contributed by atoms with Gasteiger partial charge in [-0.2, -0.15) is 0 Å². The summed E-state index contributed by atoms with van der Waals surface area (Å²) in [6.07, 6.45) is 0. The molecule has 0 rings (SSSR count). The molecule has 0 aliphatic carbocycles. The maximum atomic E-state index is 10.7. The van der Waals surface area contributed by atoms with Crippen LogP contribution in [0.5, 0.6) is 0 Å². The third-order valence-corrected chi connectivity index (χ3v) is 1.59. The molecule has 1 unspecified atom stereocenters. The van der Waals surface area contributed by atoms with Gasteiger partial charge in [-0.3, -0.25) is 4.79 Å². The van der Waals surface area contributed by atoms with Crippen LogP contribution in [-0.2, 0) is 14.3 Å². The number of carbonyl (C=O) groups excluding carboxylic acids is 2. The number of carbonyl (C=O) groups is 2. The van der Waals surface area contributed by atoms with Crippen molar-refractivity contribution in [2.24, 2.45) is 0 Å². The number of Topliss-reactive ketones (excluding diaryl/α,β-unsaturated/α-hetero) is 1. The van der Waals surface area contributed by atoms with Crippen LogP contribution in [0.15, 0.2) is 0 Å². The van der Waals surface area contributed by atoms with Crippen LogP contribution in [0.4, 0.5) is 0 Å². The molecule has 0 aromatic carbocycles. The number of hydrogen-bond acceptors (Lipinski definition) is 3. The highest BCUT2D eigenvalue weighted by Crippen LogP contribution is 2.01. The van der Waals surface area contributed by atoms with Crippen molar-refractivity contribution in [3.8, 4) is 0 Å². The molecule has 0 N–H and O–H groups in total. The minimum atomic E-state index is -1.26. The van der Waals surface area contributed by atoms with E-state index in [0.717, 1.165) is 0 Å². The van der Waals surface area contributed by atoms with Crippen LogP contribution in [0.3, 0.4) is 0 Å². The first-order valence-corrected chi connectivity index (χ1v) is 4.00. The molecule has 0 amide bonds. The SMILES string of the molecule is CCOC(=O)C(Cl)C(=O)CCl. The Morgan fingerprint density at radius 3 is 2.45 bits per heavy atom. The van der Waals surface area contributed by atoms with E-state index in [-0.39, 0.29) is 12.5 Å². The molecular formula is C6H8Cl2O3. The van der Waals surface area contributed by atoms with Gasteiger partial charge in [-0.25, -0.2) is 4.79 Å². The highest BCUT2D eigenvalue weighted by molar-refractivity contribution is 6.45. The van der Waals surface area contributed by atoms with Gasteiger partial charge >= 0.3 is 5.97 Å². The van der Waals surface area contributed by atoms with Crippen molar-refractivity contribution in [1.29, 1.82) is 0 Å². The average molecular weight is 199 g/mol. The number of esters is 1. The van der Waals surface area contributed by atoms with E-state index in [1.807, 2.05) is 0 Å². The first kappa shape index (κ1) is 10.7. The normalized spacial score (nSPS) is 12.3. The number of ether oxygens (including phenoxy) is 1. The van der Waals surface area contributed by atoms with E-state index in [4.69, 9.17) is 23.2 Å². The summed E-state index contributed by atoms with van der Waals surface area (Å²) in [6.45, 7) is 1.84. The van der Waals surface area contributed by atoms with E-state index in [2.05, 4.69) is 4.74 Å². The zero-order valence-electron chi connectivity index (χ0n) is 5.97. The second kappa shape index (κ2) is 5.38. The first-order valence-electron chi connectivity index (χ1n) is 3.02. The predicted octanol–water partition coefficient (Wildman–Crippen LogP) is 0.965. The molecule has 0 bridgehead atoms. The standard InChI is InChI=1S/C6H8Cl2O3/c1-2-11-6(10)5(8)4(9)3-7/h5H,2-3H2,1H3. The van der Waals surface area contributed by atoms with Gasteiger partial charge in [-0.15, -0.1) is 23.2 Å². The monoisotopic (exact) mass is 198 g/mol. The molecular weight excluding hydrogens is 191 g/mol. The Kier molecular flexibility index (Phi) is 5.24. The summed E-state index contributed by atoms with van der Waals surface area (Å²) in [7, 11) is 0. The Hall–Kier alpha value is -0.280. The van der Waals surface area contributed by atoms with Gasteiger partial charge in [0.05, 0.1) is 12.5 Å². The Bertz CT molecular complexity index is 158. The molecule has 0 radical (unpaired) electrons. The van der Waals surface area contributed by atoms with Crippen LogP contribution in [-0.4, -0.2) is 29.6 Å². The van der Waals surface area contributed by atoms with Gasteiger partial charge in [0, 0.05) is 0 Å². The molecule has 0 aromatic heterocycles. The Morgan fingerprint density at radius 1 is 1.55 bits per heavy atom. The van der Waals surface area contributed by atoms with E-state index in [9.17, 15) is 9.59 Å². The lowest BCUT2D eigenvalue weighted by Crippen LogP contribution is -2.27. The average Bonchev–Trinajstić information content (AvgIpc) is 2.02. The van der Waals surface area contributed by atoms with Gasteiger partial charge in [0.2, 0.25) is 0 Å². The molecule has 0 aliphatic rings. The summed E-state index contributed by atoms with van der Waals surface area (Å²) >= 11 is 10.5. The highest BCUT2D eigenvalue weighted by Gasteiger charge is 2.23. The molecule has 0 spiro atoms. The third kappa shape index (κ3) is 3.58. The number of ketones is 1. The summed E-state index contributed by atoms with van der Waals surface area (Å²) < 4.78 is 4.48. The number of rotatable bonds is 4. The minimum absolute atomic E-state index is 0.206. The third-order valence-electron chi connectivity index (χ3n) is 0.908. The lowest BCUT2D eigenvalue weighted by Gasteiger charge is -2.04. The molecule has 0 fully saturated rings. The number of alkyl halides is 2. The Labute approximate surface area is 74.6 Å². The van der Waals surface area contributed by atoms with Crippen LogP contribution < -0.4 is 0 Å². The van der Waals surface area contributed by atoms with Crippen LogP contribution in [0.25, 0.3) is 0 Å². The maximum Gasteiger partial charge on any atom is 0.331 e. The quantitative estimate of drug-likeness (QED) is 0.384. The fraction of sp³-hybridized carbons (Fsp3) is 0.667. The lowest BCUT2D eigenvalue weighted by molar-refractivity contribution is -0.144. The van der Waals surface area contributed by atoms with E-state index < -0.39 is 17.1 Å². The van der Waals surface area contributed by atoms with Crippen molar-refractivity contribution in [1.82, 2.24) is 0 Å². The smallest absolute Gasteiger partial charge is 0.331 e. The van der Waals surface area contributed by atoms with Crippen molar-refractivity contribution in [2.45, 2.75) is 12.3 Å². The van der Waals surface area contributed by atoms with E-state index in [1.54, 1.807) is 6.92 Å². The largest absolute Gasteiger partial charge is 0.465 e. The molecule has 1 atom stereocenters. The highest BCUT2D eigenvalue weighted by atomic mass is 35.5. The summed E-state index contributed by atoms with van der Waals surface area (Å²) in [5, 5.41) is -1.26. The van der Waals surface area contributed by atoms with Crippen molar-refractivity contribution in [2.75, 3.05) is 12.5 Å². The van der Waals surface area contributed by atoms with Crippen molar-refractivity contribution in [3.63, 3.8) is 0 Å². The fourth-order valence-electron chi connectivity index (χ4n) is 0.415. The molecule has 0 aliphatic heterocycles. The maximum absolute atomic E-state index is 10.7. The first-order chi connectivity index (χ1) is 5.13. The topological polar surface area (TPSA) is 43.4 Å². The van der Waals surface area contributed by atoms with Gasteiger partial charge in [0.25, 0.3) is 0 Å². The second-order valence-corrected chi connectivity index (χ2v) is 2.42. The Morgan fingerprint density at radius 2 is 2.09 bits per heavy atom. The number of hydrogen-bond donors (Lipinski definition) is 0. The molecule has 5 heteroatoms. The van der Waals surface area contributed by atoms with Crippen LogP contribution >= 0.6 is 23.2 Å². The van der Waals surface area contributed by atoms with Crippen molar-refractivity contribution < 1.29 is 14.3 Å². The minimum Gasteiger partial charge on any atom is -0.465 e. The molecule has 0 saturated heterocycles. The van der Waals surface area contributed by atoms with Crippen LogP contribution in [0.1, 0.15) is 6.92 Å². The van der Waals surface area contributed by atoms with Crippen molar-refractivity contribution >= 4 is 35.0 Å². The van der Waals surface area contributed by atoms with Gasteiger partial charge in [-0.05, 0) is 6.92 Å². The van der Waals surface area contributed by atoms with Crippen LogP contribution in [0.2, 0.25) is 0 Å². The van der Waals surface area contributed by atoms with Gasteiger partial charge < -0.3 is 4.74 Å². The Balaban J connectivity index is 3.91. The van der Waals surface area contributed by atoms with Crippen LogP contribution in [0, 0.1) is 0 Å². The summed E-state index contributed by atoms with van der Waals surface area (Å²) in [5.74, 6) is -1.54. The van der Waals surface area contributed by atoms with Crippen molar-refractivity contribution in [3.05, 3.63) is 0 Å². The molecule has 11 heavy (non-hydrogen) atoms. The molecule has 0 aromatic rings. The second-order valence-electron chi connectivity index (χ2n) is 1.71. The molecule has 64 valence electrons. The fourth-order valence-corrected chi connectivity index (χ4v) is 0.788. The summed E-state index contributed by atoms with van der Waals surface area (Å²) in [4.78, 5) is 21.4. The lowest BCUT2D eigenvalue weighted by atomic mass is 10.3. The molecule has 0 heterocycles. The van der Waals surface area contributed by atoms with Gasteiger partial charge in [0.1, 0.15) is 0 Å². The van der Waals surface area contributed by atoms with E-state index >= 15 is 0 Å². The zero-order chi connectivity index (χ0) is 8.85. The summed E-state index contributed by atoms with van der Waals surface area (Å²) in [6, 6.07) is 0. The zero-order valence-corrected chi connectivity index (χ0v) is 7.48. The predicted molar refractivity (Wildman–Crippen MR) is 42.0 cm³/mol. The molecule has 0 saturated carbocycles. The van der Waals surface area contributed by atoms with E-state index in [1.165, 1.54) is 0 Å². The van der Waals surface area contributed by atoms with Gasteiger partial charge in [-0.1, -0.05) is 0 Å². The van der Waals surface area contributed by atoms with E-state index in [0.29, 0.717) is 0 Å². The number of halogens is 2. The van der Waals surface area contributed by atoms with Gasteiger partial charge in [0.15, 0.2) is 11.2 Å². The molecule has 3 nitrogen and oxygen atoms in total.